The first-order chi connectivity index (χ1) is 8.97. The van der Waals surface area contributed by atoms with Gasteiger partial charge in [0.1, 0.15) is 0 Å². The fourth-order valence-electron chi connectivity index (χ4n) is 1.89. The molecule has 0 amide bonds. The minimum absolute atomic E-state index is 0.130. The van der Waals surface area contributed by atoms with Crippen molar-refractivity contribution in [2.75, 3.05) is 5.32 Å². The summed E-state index contributed by atoms with van der Waals surface area (Å²) in [5.74, 6) is -1.67. The predicted octanol–water partition coefficient (Wildman–Crippen LogP) is 5.10. The van der Waals surface area contributed by atoms with E-state index in [1.54, 1.807) is 12.1 Å². The van der Waals surface area contributed by atoms with Gasteiger partial charge in [-0.3, -0.25) is 0 Å². The van der Waals surface area contributed by atoms with E-state index in [1.807, 2.05) is 26.0 Å². The highest BCUT2D eigenvalue weighted by Gasteiger charge is 2.10. The summed E-state index contributed by atoms with van der Waals surface area (Å²) in [5, 5.41) is 3.92. The van der Waals surface area contributed by atoms with Gasteiger partial charge in [-0.1, -0.05) is 17.7 Å². The van der Waals surface area contributed by atoms with E-state index in [1.165, 1.54) is 6.07 Å². The van der Waals surface area contributed by atoms with E-state index in [9.17, 15) is 8.78 Å². The first kappa shape index (κ1) is 13.8. The van der Waals surface area contributed by atoms with Gasteiger partial charge in [-0.2, -0.15) is 0 Å². The molecule has 0 heterocycles. The average Bonchev–Trinajstić information content (AvgIpc) is 2.36. The molecular weight excluding hydrogens is 268 g/mol. The maximum atomic E-state index is 13.2. The van der Waals surface area contributed by atoms with Crippen LogP contribution in [-0.4, -0.2) is 0 Å². The number of anilines is 1. The summed E-state index contributed by atoms with van der Waals surface area (Å²) >= 11 is 5.89. The van der Waals surface area contributed by atoms with Crippen LogP contribution in [0, 0.1) is 18.6 Å². The van der Waals surface area contributed by atoms with Gasteiger partial charge in [-0.15, -0.1) is 0 Å². The molecule has 2 aromatic rings. The van der Waals surface area contributed by atoms with E-state index in [0.717, 1.165) is 17.3 Å². The average molecular weight is 282 g/mol. The first-order valence-electron chi connectivity index (χ1n) is 5.95. The van der Waals surface area contributed by atoms with Gasteiger partial charge < -0.3 is 5.32 Å². The van der Waals surface area contributed by atoms with Gasteiger partial charge in [0.2, 0.25) is 0 Å². The lowest BCUT2D eigenvalue weighted by molar-refractivity contribution is 0.506. The molecule has 1 N–H and O–H groups in total. The minimum atomic E-state index is -0.835. The van der Waals surface area contributed by atoms with Crippen molar-refractivity contribution >= 4 is 17.3 Å². The lowest BCUT2D eigenvalue weighted by Gasteiger charge is -2.17. The van der Waals surface area contributed by atoms with Gasteiger partial charge >= 0.3 is 0 Å². The van der Waals surface area contributed by atoms with Gasteiger partial charge in [0.15, 0.2) is 11.6 Å². The van der Waals surface area contributed by atoms with Crippen molar-refractivity contribution in [1.82, 2.24) is 0 Å². The number of hydrogen-bond acceptors (Lipinski definition) is 1. The first-order valence-corrected chi connectivity index (χ1v) is 6.33. The van der Waals surface area contributed by atoms with Crippen LogP contribution in [0.3, 0.4) is 0 Å². The van der Waals surface area contributed by atoms with Gasteiger partial charge in [-0.05, 0) is 55.3 Å². The van der Waals surface area contributed by atoms with Crippen LogP contribution in [0.1, 0.15) is 24.1 Å². The Labute approximate surface area is 116 Å². The molecular formula is C15H14ClF2N. The summed E-state index contributed by atoms with van der Waals surface area (Å²) in [6.07, 6.45) is 0. The van der Waals surface area contributed by atoms with E-state index in [2.05, 4.69) is 5.32 Å². The molecule has 4 heteroatoms. The molecule has 1 unspecified atom stereocenters. The third kappa shape index (κ3) is 3.24. The molecule has 100 valence electrons. The molecule has 0 aliphatic rings. The summed E-state index contributed by atoms with van der Waals surface area (Å²) in [5.41, 5.74) is 2.61. The maximum absolute atomic E-state index is 13.2. The monoisotopic (exact) mass is 281 g/mol. The Hall–Kier alpha value is -1.61. The van der Waals surface area contributed by atoms with Gasteiger partial charge in [0, 0.05) is 16.8 Å². The largest absolute Gasteiger partial charge is 0.378 e. The smallest absolute Gasteiger partial charge is 0.159 e. The molecule has 1 nitrogen and oxygen atoms in total. The van der Waals surface area contributed by atoms with Crippen LogP contribution >= 0.6 is 11.6 Å². The van der Waals surface area contributed by atoms with Crippen molar-refractivity contribution in [3.8, 4) is 0 Å². The molecule has 0 spiro atoms. The Morgan fingerprint density at radius 1 is 1.05 bits per heavy atom. The van der Waals surface area contributed by atoms with Crippen LogP contribution in [-0.2, 0) is 0 Å². The SMILES string of the molecule is Cc1cc(Cl)ccc1NC(C)c1ccc(F)c(F)c1. The topological polar surface area (TPSA) is 12.0 Å². The number of hydrogen-bond donors (Lipinski definition) is 1. The molecule has 0 aliphatic carbocycles. The second-order valence-corrected chi connectivity index (χ2v) is 4.94. The van der Waals surface area contributed by atoms with Crippen molar-refractivity contribution in [1.29, 1.82) is 0 Å². The third-order valence-corrected chi connectivity index (χ3v) is 3.24. The molecule has 2 rings (SSSR count). The molecule has 19 heavy (non-hydrogen) atoms. The van der Waals surface area contributed by atoms with Gasteiger partial charge in [0.25, 0.3) is 0 Å². The van der Waals surface area contributed by atoms with Gasteiger partial charge in [0.05, 0.1) is 0 Å². The predicted molar refractivity (Wildman–Crippen MR) is 74.6 cm³/mol. The molecule has 2 aromatic carbocycles. The molecule has 0 radical (unpaired) electrons. The Bertz CT molecular complexity index is 599. The van der Waals surface area contributed by atoms with Crippen LogP contribution < -0.4 is 5.32 Å². The summed E-state index contributed by atoms with van der Waals surface area (Å²) in [6, 6.07) is 9.29. The second-order valence-electron chi connectivity index (χ2n) is 4.50. The highest BCUT2D eigenvalue weighted by atomic mass is 35.5. The fourth-order valence-corrected chi connectivity index (χ4v) is 2.11. The van der Waals surface area contributed by atoms with Crippen LogP contribution in [0.4, 0.5) is 14.5 Å². The van der Waals surface area contributed by atoms with Crippen LogP contribution in [0.15, 0.2) is 36.4 Å². The van der Waals surface area contributed by atoms with Crippen molar-refractivity contribution < 1.29 is 8.78 Å². The Kier molecular flexibility index (Phi) is 4.05. The van der Waals surface area contributed by atoms with Crippen molar-refractivity contribution in [3.05, 3.63) is 64.2 Å². The summed E-state index contributed by atoms with van der Waals surface area (Å²) in [6.45, 7) is 3.83. The van der Waals surface area contributed by atoms with Crippen molar-refractivity contribution in [3.63, 3.8) is 0 Å². The molecule has 0 saturated carbocycles. The Morgan fingerprint density at radius 2 is 1.79 bits per heavy atom. The zero-order valence-corrected chi connectivity index (χ0v) is 11.4. The zero-order valence-electron chi connectivity index (χ0n) is 10.7. The van der Waals surface area contributed by atoms with Crippen LogP contribution in [0.2, 0.25) is 5.02 Å². The molecule has 0 bridgehead atoms. The van der Waals surface area contributed by atoms with E-state index < -0.39 is 11.6 Å². The van der Waals surface area contributed by atoms with Crippen LogP contribution in [0.25, 0.3) is 0 Å². The summed E-state index contributed by atoms with van der Waals surface area (Å²) in [4.78, 5) is 0. The van der Waals surface area contributed by atoms with E-state index in [0.29, 0.717) is 10.6 Å². The molecule has 0 aliphatic heterocycles. The molecule has 0 aromatic heterocycles. The van der Waals surface area contributed by atoms with E-state index >= 15 is 0 Å². The third-order valence-electron chi connectivity index (χ3n) is 3.00. The Morgan fingerprint density at radius 3 is 2.42 bits per heavy atom. The lowest BCUT2D eigenvalue weighted by atomic mass is 10.1. The minimum Gasteiger partial charge on any atom is -0.378 e. The summed E-state index contributed by atoms with van der Waals surface area (Å²) < 4.78 is 26.1. The van der Waals surface area contributed by atoms with E-state index in [4.69, 9.17) is 11.6 Å². The number of aryl methyl sites for hydroxylation is 1. The van der Waals surface area contributed by atoms with Gasteiger partial charge in [-0.25, -0.2) is 8.78 Å². The number of rotatable bonds is 3. The summed E-state index contributed by atoms with van der Waals surface area (Å²) in [7, 11) is 0. The normalized spacial score (nSPS) is 12.3. The second kappa shape index (κ2) is 5.57. The molecule has 0 fully saturated rings. The molecule has 1 atom stereocenters. The van der Waals surface area contributed by atoms with E-state index in [-0.39, 0.29) is 6.04 Å². The van der Waals surface area contributed by atoms with Crippen LogP contribution in [0.5, 0.6) is 0 Å². The number of benzene rings is 2. The fraction of sp³-hybridized carbons (Fsp3) is 0.200. The van der Waals surface area contributed by atoms with Crippen molar-refractivity contribution in [2.45, 2.75) is 19.9 Å². The molecule has 0 saturated heterocycles. The lowest BCUT2D eigenvalue weighted by Crippen LogP contribution is -2.08. The highest BCUT2D eigenvalue weighted by molar-refractivity contribution is 6.30. The maximum Gasteiger partial charge on any atom is 0.159 e. The number of nitrogens with one attached hydrogen (secondary N) is 1. The Balaban J connectivity index is 2.20. The quantitative estimate of drug-likeness (QED) is 0.825. The standard InChI is InChI=1S/C15H14ClF2N/c1-9-7-12(16)4-6-15(9)19-10(2)11-3-5-13(17)14(18)8-11/h3-8,10,19H,1-2H3. The zero-order chi connectivity index (χ0) is 14.0. The highest BCUT2D eigenvalue weighted by Crippen LogP contribution is 2.25. The number of halogens is 3. The van der Waals surface area contributed by atoms with Crippen molar-refractivity contribution in [2.24, 2.45) is 0 Å².